The maximum atomic E-state index is 5.98. The predicted molar refractivity (Wildman–Crippen MR) is 79.1 cm³/mol. The molecule has 0 amide bonds. The van der Waals surface area contributed by atoms with E-state index in [-0.39, 0.29) is 0 Å². The lowest BCUT2D eigenvalue weighted by atomic mass is 10.2. The van der Waals surface area contributed by atoms with Crippen molar-refractivity contribution in [1.82, 2.24) is 10.2 Å². The molecule has 0 aliphatic heterocycles. The lowest BCUT2D eigenvalue weighted by molar-refractivity contribution is 0.468. The molecule has 4 heteroatoms. The van der Waals surface area contributed by atoms with Gasteiger partial charge in [-0.15, -0.1) is 0 Å². The van der Waals surface area contributed by atoms with Crippen LogP contribution in [0.1, 0.15) is 19.4 Å². The van der Waals surface area contributed by atoms with Crippen molar-refractivity contribution in [2.24, 2.45) is 10.9 Å². The van der Waals surface area contributed by atoms with Crippen molar-refractivity contribution in [1.29, 1.82) is 0 Å². The molecule has 100 valence electrons. The normalized spacial score (nSPS) is 11.8. The van der Waals surface area contributed by atoms with Crippen LogP contribution in [0.15, 0.2) is 29.3 Å². The second-order valence-electron chi connectivity index (χ2n) is 4.81. The van der Waals surface area contributed by atoms with Crippen molar-refractivity contribution in [2.75, 3.05) is 20.6 Å². The fourth-order valence-electron chi connectivity index (χ4n) is 1.66. The predicted octanol–water partition coefficient (Wildman–Crippen LogP) is 3.00. The first-order chi connectivity index (χ1) is 8.52. The Morgan fingerprint density at radius 2 is 2.17 bits per heavy atom. The molecular formula is C14H22ClN3. The Balaban J connectivity index is 2.60. The van der Waals surface area contributed by atoms with Crippen molar-refractivity contribution < 1.29 is 0 Å². The molecule has 0 bridgehead atoms. The van der Waals surface area contributed by atoms with E-state index in [1.54, 1.807) is 7.05 Å². The Bertz CT molecular complexity index is 402. The van der Waals surface area contributed by atoms with Gasteiger partial charge in [0.2, 0.25) is 0 Å². The minimum absolute atomic E-state index is 0.598. The van der Waals surface area contributed by atoms with Crippen molar-refractivity contribution in [3.05, 3.63) is 34.9 Å². The van der Waals surface area contributed by atoms with Crippen LogP contribution in [-0.2, 0) is 6.54 Å². The van der Waals surface area contributed by atoms with Gasteiger partial charge >= 0.3 is 0 Å². The molecule has 1 aromatic carbocycles. The first-order valence-corrected chi connectivity index (χ1v) is 6.57. The van der Waals surface area contributed by atoms with Crippen LogP contribution in [0.4, 0.5) is 0 Å². The molecule has 0 saturated carbocycles. The maximum Gasteiger partial charge on any atom is 0.193 e. The van der Waals surface area contributed by atoms with E-state index in [0.29, 0.717) is 5.92 Å². The van der Waals surface area contributed by atoms with Gasteiger partial charge in [0, 0.05) is 32.2 Å². The lowest BCUT2D eigenvalue weighted by Gasteiger charge is -2.23. The van der Waals surface area contributed by atoms with E-state index >= 15 is 0 Å². The van der Waals surface area contributed by atoms with Crippen LogP contribution in [0.2, 0.25) is 5.02 Å². The molecule has 1 aromatic rings. The molecule has 0 radical (unpaired) electrons. The van der Waals surface area contributed by atoms with E-state index in [1.807, 2.05) is 25.2 Å². The molecule has 18 heavy (non-hydrogen) atoms. The molecular weight excluding hydrogens is 246 g/mol. The number of nitrogens with zero attached hydrogens (tertiary/aromatic N) is 2. The topological polar surface area (TPSA) is 27.6 Å². The fraction of sp³-hybridized carbons (Fsp3) is 0.500. The highest BCUT2D eigenvalue weighted by atomic mass is 35.5. The van der Waals surface area contributed by atoms with Gasteiger partial charge in [-0.3, -0.25) is 4.99 Å². The molecule has 0 unspecified atom stereocenters. The zero-order chi connectivity index (χ0) is 13.5. The van der Waals surface area contributed by atoms with Crippen LogP contribution in [0, 0.1) is 5.92 Å². The van der Waals surface area contributed by atoms with Gasteiger partial charge in [-0.05, 0) is 23.6 Å². The van der Waals surface area contributed by atoms with Crippen molar-refractivity contribution >= 4 is 17.6 Å². The molecule has 0 saturated heterocycles. The summed E-state index contributed by atoms with van der Waals surface area (Å²) in [6.07, 6.45) is 0. The highest BCUT2D eigenvalue weighted by Crippen LogP contribution is 2.12. The average Bonchev–Trinajstić information content (AvgIpc) is 2.29. The summed E-state index contributed by atoms with van der Waals surface area (Å²) >= 11 is 5.98. The smallest absolute Gasteiger partial charge is 0.193 e. The summed E-state index contributed by atoms with van der Waals surface area (Å²) in [4.78, 5) is 6.37. The number of hydrogen-bond donors (Lipinski definition) is 1. The second kappa shape index (κ2) is 7.27. The zero-order valence-corrected chi connectivity index (χ0v) is 12.3. The van der Waals surface area contributed by atoms with Crippen LogP contribution in [0.25, 0.3) is 0 Å². The number of halogens is 1. The third-order valence-corrected chi connectivity index (χ3v) is 2.79. The van der Waals surface area contributed by atoms with E-state index in [9.17, 15) is 0 Å². The van der Waals surface area contributed by atoms with Crippen molar-refractivity contribution in [3.8, 4) is 0 Å². The lowest BCUT2D eigenvalue weighted by Crippen LogP contribution is -2.40. The Kier molecular flexibility index (Phi) is 5.99. The first kappa shape index (κ1) is 14.8. The summed E-state index contributed by atoms with van der Waals surface area (Å²) in [5.41, 5.74) is 1.18. The number of aliphatic imine (C=N–C) groups is 1. The first-order valence-electron chi connectivity index (χ1n) is 6.19. The number of hydrogen-bond acceptors (Lipinski definition) is 1. The standard InChI is InChI=1S/C14H22ClN3/c1-11(2)9-17-14(16-3)18(4)10-12-6-5-7-13(15)8-12/h5-8,11H,9-10H2,1-4H3,(H,16,17). The SMILES string of the molecule is CN=C(NCC(C)C)N(C)Cc1cccc(Cl)c1. The van der Waals surface area contributed by atoms with Crippen LogP contribution >= 0.6 is 11.6 Å². The van der Waals surface area contributed by atoms with E-state index in [1.165, 1.54) is 5.56 Å². The number of guanidine groups is 1. The molecule has 0 spiro atoms. The molecule has 0 aliphatic carbocycles. The Labute approximate surface area is 115 Å². The van der Waals surface area contributed by atoms with Gasteiger partial charge < -0.3 is 10.2 Å². The second-order valence-corrected chi connectivity index (χ2v) is 5.24. The molecule has 1 rings (SSSR count). The van der Waals surface area contributed by atoms with E-state index < -0.39 is 0 Å². The molecule has 3 nitrogen and oxygen atoms in total. The van der Waals surface area contributed by atoms with Gasteiger partial charge in [0.25, 0.3) is 0 Å². The van der Waals surface area contributed by atoms with E-state index in [4.69, 9.17) is 11.6 Å². The quantitative estimate of drug-likeness (QED) is 0.671. The number of benzene rings is 1. The monoisotopic (exact) mass is 267 g/mol. The van der Waals surface area contributed by atoms with Gasteiger partial charge in [-0.2, -0.15) is 0 Å². The van der Waals surface area contributed by atoms with Crippen LogP contribution in [-0.4, -0.2) is 31.5 Å². The van der Waals surface area contributed by atoms with Crippen LogP contribution in [0.3, 0.4) is 0 Å². The summed E-state index contributed by atoms with van der Waals surface area (Å²) in [7, 11) is 3.83. The number of rotatable bonds is 4. The van der Waals surface area contributed by atoms with Crippen molar-refractivity contribution in [3.63, 3.8) is 0 Å². The Morgan fingerprint density at radius 1 is 1.44 bits per heavy atom. The summed E-state index contributed by atoms with van der Waals surface area (Å²) in [5.74, 6) is 1.50. The van der Waals surface area contributed by atoms with Crippen LogP contribution < -0.4 is 5.32 Å². The largest absolute Gasteiger partial charge is 0.356 e. The van der Waals surface area contributed by atoms with Gasteiger partial charge in [0.05, 0.1) is 0 Å². The summed E-state index contributed by atoms with van der Waals surface area (Å²) < 4.78 is 0. The molecule has 0 fully saturated rings. The fourth-order valence-corrected chi connectivity index (χ4v) is 1.88. The average molecular weight is 268 g/mol. The maximum absolute atomic E-state index is 5.98. The van der Waals surface area contributed by atoms with Gasteiger partial charge in [-0.1, -0.05) is 37.6 Å². The third-order valence-electron chi connectivity index (χ3n) is 2.55. The summed E-state index contributed by atoms with van der Waals surface area (Å²) in [6, 6.07) is 7.90. The van der Waals surface area contributed by atoms with E-state index in [2.05, 4.69) is 35.1 Å². The van der Waals surface area contributed by atoms with Gasteiger partial charge in [0.1, 0.15) is 0 Å². The number of nitrogens with one attached hydrogen (secondary N) is 1. The van der Waals surface area contributed by atoms with Gasteiger partial charge in [-0.25, -0.2) is 0 Å². The Morgan fingerprint density at radius 3 is 2.72 bits per heavy atom. The summed E-state index contributed by atoms with van der Waals surface area (Å²) in [6.45, 7) is 6.07. The molecule has 0 atom stereocenters. The third kappa shape index (κ3) is 4.96. The highest BCUT2D eigenvalue weighted by Gasteiger charge is 2.07. The summed E-state index contributed by atoms with van der Waals surface area (Å²) in [5, 5.41) is 4.12. The molecule has 1 N–H and O–H groups in total. The van der Waals surface area contributed by atoms with Crippen molar-refractivity contribution in [2.45, 2.75) is 20.4 Å². The van der Waals surface area contributed by atoms with Crippen LogP contribution in [0.5, 0.6) is 0 Å². The van der Waals surface area contributed by atoms with E-state index in [0.717, 1.165) is 24.1 Å². The van der Waals surface area contributed by atoms with Gasteiger partial charge in [0.15, 0.2) is 5.96 Å². The molecule has 0 aromatic heterocycles. The minimum atomic E-state index is 0.598. The minimum Gasteiger partial charge on any atom is -0.356 e. The zero-order valence-electron chi connectivity index (χ0n) is 11.6. The molecule has 0 heterocycles. The Hall–Kier alpha value is -1.22. The highest BCUT2D eigenvalue weighted by molar-refractivity contribution is 6.30. The molecule has 0 aliphatic rings.